The van der Waals surface area contributed by atoms with E-state index in [4.69, 9.17) is 14.6 Å². The SMILES string of the molecule is CCOc1ccc(C2=NN(c3ccc(C(=O)N4CCN(CCN5CCCC5)CC4)cc3)C(=O)[C@@H]3CC=CC[C@H]23)cc1OCC.Cl.Cl. The van der Waals surface area contributed by atoms with Crippen molar-refractivity contribution in [1.82, 2.24) is 14.7 Å². The van der Waals surface area contributed by atoms with E-state index >= 15 is 0 Å². The number of amides is 2. The van der Waals surface area contributed by atoms with Crippen molar-refractivity contribution in [1.29, 1.82) is 0 Å². The molecule has 6 rings (SSSR count). The first-order chi connectivity index (χ1) is 21.6. The van der Waals surface area contributed by atoms with Crippen LogP contribution in [-0.2, 0) is 4.79 Å². The molecule has 9 nitrogen and oxygen atoms in total. The lowest BCUT2D eigenvalue weighted by Crippen LogP contribution is -2.50. The van der Waals surface area contributed by atoms with Crippen molar-refractivity contribution in [2.24, 2.45) is 16.9 Å². The number of nitrogens with zero attached hydrogens (tertiary/aromatic N) is 5. The molecule has 46 heavy (non-hydrogen) atoms. The number of carbonyl (C=O) groups is 2. The minimum absolute atomic E-state index is 0. The third-order valence-corrected chi connectivity index (χ3v) is 9.31. The lowest BCUT2D eigenvalue weighted by atomic mass is 9.76. The van der Waals surface area contributed by atoms with Crippen LogP contribution in [0.1, 0.15) is 55.5 Å². The van der Waals surface area contributed by atoms with Crippen LogP contribution in [0.5, 0.6) is 11.5 Å². The van der Waals surface area contributed by atoms with Gasteiger partial charge in [0.05, 0.1) is 30.5 Å². The van der Waals surface area contributed by atoms with Crippen LogP contribution in [-0.4, -0.2) is 97.8 Å². The fraction of sp³-hybridized carbons (Fsp3) is 0.514. The Kier molecular flexibility index (Phi) is 12.9. The number of halogens is 2. The smallest absolute Gasteiger partial charge is 0.253 e. The molecular weight excluding hydrogens is 625 g/mol. The van der Waals surface area contributed by atoms with Gasteiger partial charge in [0.25, 0.3) is 11.8 Å². The number of carbonyl (C=O) groups excluding carboxylic acids is 2. The first-order valence-corrected chi connectivity index (χ1v) is 16.4. The van der Waals surface area contributed by atoms with E-state index in [1.54, 1.807) is 0 Å². The molecule has 2 aromatic carbocycles. The zero-order valence-corrected chi connectivity index (χ0v) is 28.6. The Hall–Kier alpha value is -3.11. The molecule has 2 amide bonds. The molecule has 0 bridgehead atoms. The highest BCUT2D eigenvalue weighted by Crippen LogP contribution is 2.38. The summed E-state index contributed by atoms with van der Waals surface area (Å²) in [6.45, 7) is 12.9. The second-order valence-corrected chi connectivity index (χ2v) is 12.0. The average Bonchev–Trinajstić information content (AvgIpc) is 3.59. The van der Waals surface area contributed by atoms with Crippen molar-refractivity contribution in [3.05, 3.63) is 65.7 Å². The first-order valence-electron chi connectivity index (χ1n) is 16.4. The van der Waals surface area contributed by atoms with E-state index < -0.39 is 0 Å². The highest BCUT2D eigenvalue weighted by molar-refractivity contribution is 6.11. The quantitative estimate of drug-likeness (QED) is 0.310. The summed E-state index contributed by atoms with van der Waals surface area (Å²) in [6.07, 6.45) is 8.31. The van der Waals surface area contributed by atoms with E-state index in [9.17, 15) is 9.59 Å². The van der Waals surface area contributed by atoms with E-state index in [1.165, 1.54) is 30.9 Å². The number of fused-ring (bicyclic) bond motifs is 1. The van der Waals surface area contributed by atoms with Crippen LogP contribution in [0.3, 0.4) is 0 Å². The molecule has 11 heteroatoms. The van der Waals surface area contributed by atoms with E-state index in [0.717, 1.165) is 57.0 Å². The Morgan fingerprint density at radius 2 is 1.39 bits per heavy atom. The number of anilines is 1. The maximum Gasteiger partial charge on any atom is 0.253 e. The predicted molar refractivity (Wildman–Crippen MR) is 187 cm³/mol. The maximum atomic E-state index is 13.7. The first kappa shape index (κ1) is 35.7. The second-order valence-electron chi connectivity index (χ2n) is 12.0. The van der Waals surface area contributed by atoms with Gasteiger partial charge in [-0.1, -0.05) is 12.2 Å². The van der Waals surface area contributed by atoms with Gasteiger partial charge in [-0.2, -0.15) is 5.10 Å². The minimum atomic E-state index is -0.197. The highest BCUT2D eigenvalue weighted by atomic mass is 35.5. The van der Waals surface area contributed by atoms with E-state index in [-0.39, 0.29) is 48.5 Å². The average molecular weight is 673 g/mol. The standard InChI is InChI=1S/C35H45N5O4.2ClH/c1-3-43-31-16-13-27(25-32(31)44-4-2)33-29-9-5-6-10-30(29)35(42)40(36-33)28-14-11-26(12-15-28)34(41)39-23-21-38(22-24-39)20-19-37-17-7-8-18-37;;/h5-6,11-16,25,29-30H,3-4,7-10,17-24H2,1-2H3;2*1H/t29-,30+;;/m0../s1. The van der Waals surface area contributed by atoms with Gasteiger partial charge in [0.15, 0.2) is 11.5 Å². The molecule has 250 valence electrons. The van der Waals surface area contributed by atoms with Crippen LogP contribution < -0.4 is 14.5 Å². The number of allylic oxidation sites excluding steroid dienone is 2. The monoisotopic (exact) mass is 671 g/mol. The summed E-state index contributed by atoms with van der Waals surface area (Å²) in [7, 11) is 0. The van der Waals surface area contributed by atoms with Gasteiger partial charge in [0.2, 0.25) is 0 Å². The van der Waals surface area contributed by atoms with Gasteiger partial charge in [0.1, 0.15) is 0 Å². The molecule has 0 spiro atoms. The third-order valence-electron chi connectivity index (χ3n) is 9.31. The highest BCUT2D eigenvalue weighted by Gasteiger charge is 2.41. The van der Waals surface area contributed by atoms with Crippen LogP contribution in [0.4, 0.5) is 5.69 Å². The second kappa shape index (κ2) is 16.6. The summed E-state index contributed by atoms with van der Waals surface area (Å²) in [6, 6.07) is 13.3. The lowest BCUT2D eigenvalue weighted by molar-refractivity contribution is -0.123. The van der Waals surface area contributed by atoms with Gasteiger partial charge in [0, 0.05) is 56.3 Å². The molecular formula is C35H47Cl2N5O4. The van der Waals surface area contributed by atoms with Crippen molar-refractivity contribution in [3.8, 4) is 11.5 Å². The zero-order chi connectivity index (χ0) is 30.5. The Morgan fingerprint density at radius 3 is 2.04 bits per heavy atom. The molecule has 0 radical (unpaired) electrons. The molecule has 0 N–H and O–H groups in total. The van der Waals surface area contributed by atoms with Crippen molar-refractivity contribution >= 4 is 48.0 Å². The molecule has 2 aromatic rings. The van der Waals surface area contributed by atoms with Crippen LogP contribution in [0, 0.1) is 11.8 Å². The van der Waals surface area contributed by atoms with Crippen molar-refractivity contribution in [3.63, 3.8) is 0 Å². The molecule has 4 aliphatic rings. The fourth-order valence-electron chi connectivity index (χ4n) is 6.84. The van der Waals surface area contributed by atoms with Crippen LogP contribution in [0.2, 0.25) is 0 Å². The van der Waals surface area contributed by atoms with Crippen LogP contribution in [0.25, 0.3) is 0 Å². The van der Waals surface area contributed by atoms with Crippen LogP contribution in [0.15, 0.2) is 59.7 Å². The molecule has 2 saturated heterocycles. The van der Waals surface area contributed by atoms with Crippen molar-refractivity contribution in [2.45, 2.75) is 39.5 Å². The van der Waals surface area contributed by atoms with Gasteiger partial charge in [-0.05, 0) is 95.1 Å². The fourth-order valence-corrected chi connectivity index (χ4v) is 6.84. The number of benzene rings is 2. The largest absolute Gasteiger partial charge is 0.490 e. The Balaban J connectivity index is 0.00000240. The number of likely N-dealkylation sites (tertiary alicyclic amines) is 1. The van der Waals surface area contributed by atoms with E-state index in [1.807, 2.05) is 61.2 Å². The summed E-state index contributed by atoms with van der Waals surface area (Å²) in [5.41, 5.74) is 3.09. The maximum absolute atomic E-state index is 13.7. The van der Waals surface area contributed by atoms with Gasteiger partial charge in [-0.25, -0.2) is 5.01 Å². The van der Waals surface area contributed by atoms with Crippen molar-refractivity contribution in [2.75, 3.05) is 70.6 Å². The lowest BCUT2D eigenvalue weighted by Gasteiger charge is -2.37. The van der Waals surface area contributed by atoms with E-state index in [2.05, 4.69) is 22.0 Å². The Morgan fingerprint density at radius 1 is 0.783 bits per heavy atom. The van der Waals surface area contributed by atoms with Gasteiger partial charge < -0.3 is 19.3 Å². The van der Waals surface area contributed by atoms with Gasteiger partial charge in [-0.3, -0.25) is 14.5 Å². The minimum Gasteiger partial charge on any atom is -0.490 e. The number of piperazine rings is 1. The molecule has 1 aliphatic carbocycles. The molecule has 0 unspecified atom stereocenters. The Labute approximate surface area is 285 Å². The van der Waals surface area contributed by atoms with Crippen molar-refractivity contribution < 1.29 is 19.1 Å². The topological polar surface area (TPSA) is 77.9 Å². The summed E-state index contributed by atoms with van der Waals surface area (Å²) >= 11 is 0. The third kappa shape index (κ3) is 7.88. The van der Waals surface area contributed by atoms with Gasteiger partial charge >= 0.3 is 0 Å². The number of ether oxygens (including phenoxy) is 2. The normalized spacial score (nSPS) is 21.6. The Bertz CT molecular complexity index is 1390. The molecule has 3 heterocycles. The molecule has 2 atom stereocenters. The molecule has 0 saturated carbocycles. The summed E-state index contributed by atoms with van der Waals surface area (Å²) < 4.78 is 11.7. The van der Waals surface area contributed by atoms with Crippen LogP contribution >= 0.6 is 24.8 Å². The molecule has 2 fully saturated rings. The number of hydrogen-bond donors (Lipinski definition) is 0. The molecule has 3 aliphatic heterocycles. The number of rotatable bonds is 10. The number of hydrogen-bond acceptors (Lipinski definition) is 7. The summed E-state index contributed by atoms with van der Waals surface area (Å²) in [5, 5.41) is 6.48. The molecule has 0 aromatic heterocycles. The van der Waals surface area contributed by atoms with Gasteiger partial charge in [-0.15, -0.1) is 24.8 Å². The number of hydrazone groups is 1. The predicted octanol–water partition coefficient (Wildman–Crippen LogP) is 5.51. The summed E-state index contributed by atoms with van der Waals surface area (Å²) in [5.74, 6) is 1.20. The summed E-state index contributed by atoms with van der Waals surface area (Å²) in [4.78, 5) is 34.1. The van der Waals surface area contributed by atoms with E-state index in [0.29, 0.717) is 42.4 Å². The zero-order valence-electron chi connectivity index (χ0n) is 26.9.